The molecule has 2 fully saturated rings. The van der Waals surface area contributed by atoms with Gasteiger partial charge < -0.3 is 19.9 Å². The van der Waals surface area contributed by atoms with Crippen LogP contribution in [0, 0.1) is 5.92 Å². The van der Waals surface area contributed by atoms with Gasteiger partial charge in [-0.3, -0.25) is 0 Å². The maximum Gasteiger partial charge on any atom is 0.194 e. The van der Waals surface area contributed by atoms with Crippen molar-refractivity contribution < 1.29 is 4.74 Å². The lowest BCUT2D eigenvalue weighted by Crippen LogP contribution is -2.40. The first-order valence-electron chi connectivity index (χ1n) is 10.2. The molecule has 1 aromatic carbocycles. The van der Waals surface area contributed by atoms with E-state index in [0.29, 0.717) is 6.54 Å². The number of nitrogens with zero attached hydrogens (tertiary/aromatic N) is 3. The van der Waals surface area contributed by atoms with Crippen LogP contribution in [0.4, 0.5) is 5.69 Å². The van der Waals surface area contributed by atoms with E-state index in [4.69, 9.17) is 9.73 Å². The number of hydrogen-bond acceptors (Lipinski definition) is 4. The Morgan fingerprint density at radius 2 is 1.96 bits per heavy atom. The molecule has 158 valence electrons. The third kappa shape index (κ3) is 7.99. The van der Waals surface area contributed by atoms with E-state index in [1.807, 2.05) is 11.8 Å². The number of nitrogens with one attached hydrogen (secondary N) is 1. The van der Waals surface area contributed by atoms with Crippen molar-refractivity contribution in [3.63, 3.8) is 0 Å². The summed E-state index contributed by atoms with van der Waals surface area (Å²) in [4.78, 5) is 9.45. The number of benzene rings is 1. The first kappa shape index (κ1) is 23.6. The average Bonchev–Trinajstić information content (AvgIpc) is 3.54. The molecule has 1 aliphatic heterocycles. The number of ether oxygens (including phenoxy) is 1. The Morgan fingerprint density at radius 3 is 2.61 bits per heavy atom. The van der Waals surface area contributed by atoms with E-state index in [9.17, 15) is 0 Å². The number of aliphatic imine (C=N–C) groups is 1. The number of guanidine groups is 1. The Labute approximate surface area is 191 Å². The molecule has 28 heavy (non-hydrogen) atoms. The van der Waals surface area contributed by atoms with Gasteiger partial charge in [0, 0.05) is 57.0 Å². The number of thioether (sulfide) groups is 1. The second-order valence-electron chi connectivity index (χ2n) is 7.38. The maximum atomic E-state index is 5.76. The molecule has 1 heterocycles. The number of likely N-dealkylation sites (N-methyl/N-ethyl adjacent to an activating group) is 1. The minimum absolute atomic E-state index is 0. The van der Waals surface area contributed by atoms with Crippen molar-refractivity contribution in [1.29, 1.82) is 0 Å². The summed E-state index contributed by atoms with van der Waals surface area (Å²) < 4.78 is 5.76. The van der Waals surface area contributed by atoms with E-state index in [-0.39, 0.29) is 24.0 Å². The molecule has 3 rings (SSSR count). The van der Waals surface area contributed by atoms with Crippen molar-refractivity contribution in [2.75, 3.05) is 62.8 Å². The van der Waals surface area contributed by atoms with Gasteiger partial charge in [0.05, 0.1) is 13.2 Å². The van der Waals surface area contributed by atoms with Gasteiger partial charge in [-0.15, -0.1) is 24.0 Å². The summed E-state index contributed by atoms with van der Waals surface area (Å²) >= 11 is 2.05. The van der Waals surface area contributed by atoms with Crippen molar-refractivity contribution in [1.82, 2.24) is 10.2 Å². The standard InChI is InChI=1S/C21H34N4OS.HI/c1-3-22-21(24(2)10-13-26-17-19-4-5-19)23-16-18-6-8-20(9-7-18)25-11-14-27-15-12-25;/h6-9,19H,3-5,10-17H2,1-2H3,(H,22,23);1H. The van der Waals surface area contributed by atoms with Crippen LogP contribution in [0.15, 0.2) is 29.3 Å². The van der Waals surface area contributed by atoms with Gasteiger partial charge >= 0.3 is 0 Å². The van der Waals surface area contributed by atoms with Gasteiger partial charge in [0.25, 0.3) is 0 Å². The first-order chi connectivity index (χ1) is 13.3. The van der Waals surface area contributed by atoms with Crippen molar-refractivity contribution in [3.8, 4) is 0 Å². The number of halogens is 1. The number of hydrogen-bond donors (Lipinski definition) is 1. The third-order valence-electron chi connectivity index (χ3n) is 5.04. The van der Waals surface area contributed by atoms with Gasteiger partial charge in [-0.05, 0) is 43.4 Å². The van der Waals surface area contributed by atoms with Crippen LogP contribution in [0.3, 0.4) is 0 Å². The lowest BCUT2D eigenvalue weighted by atomic mass is 10.2. The summed E-state index contributed by atoms with van der Waals surface area (Å²) in [6, 6.07) is 8.90. The van der Waals surface area contributed by atoms with E-state index < -0.39 is 0 Å². The smallest absolute Gasteiger partial charge is 0.194 e. The molecule has 0 bridgehead atoms. The Hall–Kier alpha value is -0.670. The predicted octanol–water partition coefficient (Wildman–Crippen LogP) is 3.68. The highest BCUT2D eigenvalue weighted by molar-refractivity contribution is 14.0. The van der Waals surface area contributed by atoms with Crippen LogP contribution in [0.25, 0.3) is 0 Å². The Balaban J connectivity index is 0.00000280. The molecule has 0 unspecified atom stereocenters. The normalized spacial score (nSPS) is 17.2. The van der Waals surface area contributed by atoms with Crippen LogP contribution in [0.2, 0.25) is 0 Å². The fraction of sp³-hybridized carbons (Fsp3) is 0.667. The summed E-state index contributed by atoms with van der Waals surface area (Å²) in [6.45, 7) is 8.54. The van der Waals surface area contributed by atoms with E-state index >= 15 is 0 Å². The highest BCUT2D eigenvalue weighted by Crippen LogP contribution is 2.28. The Morgan fingerprint density at radius 1 is 1.25 bits per heavy atom. The highest BCUT2D eigenvalue weighted by Gasteiger charge is 2.21. The maximum absolute atomic E-state index is 5.76. The van der Waals surface area contributed by atoms with E-state index in [2.05, 4.69) is 53.4 Å². The predicted molar refractivity (Wildman–Crippen MR) is 132 cm³/mol. The molecular formula is C21H35IN4OS. The zero-order valence-electron chi connectivity index (χ0n) is 17.2. The fourth-order valence-corrected chi connectivity index (χ4v) is 4.01. The van der Waals surface area contributed by atoms with Crippen LogP contribution in [0.1, 0.15) is 25.3 Å². The van der Waals surface area contributed by atoms with Gasteiger partial charge in [-0.25, -0.2) is 4.99 Å². The zero-order chi connectivity index (χ0) is 18.9. The molecule has 0 spiro atoms. The molecule has 0 amide bonds. The summed E-state index contributed by atoms with van der Waals surface area (Å²) in [5, 5.41) is 3.39. The molecule has 1 N–H and O–H groups in total. The summed E-state index contributed by atoms with van der Waals surface area (Å²) in [5.41, 5.74) is 2.58. The van der Waals surface area contributed by atoms with Gasteiger partial charge in [0.2, 0.25) is 0 Å². The fourth-order valence-electron chi connectivity index (χ4n) is 3.11. The largest absolute Gasteiger partial charge is 0.379 e. The lowest BCUT2D eigenvalue weighted by molar-refractivity contribution is 0.115. The summed E-state index contributed by atoms with van der Waals surface area (Å²) in [6.07, 6.45) is 2.69. The molecular weight excluding hydrogens is 483 g/mol. The Kier molecular flexibility index (Phi) is 10.8. The van der Waals surface area contributed by atoms with E-state index in [1.54, 1.807) is 0 Å². The topological polar surface area (TPSA) is 40.1 Å². The van der Waals surface area contributed by atoms with Crippen LogP contribution in [-0.2, 0) is 11.3 Å². The molecule has 0 aromatic heterocycles. The lowest BCUT2D eigenvalue weighted by Gasteiger charge is -2.28. The van der Waals surface area contributed by atoms with E-state index in [0.717, 1.165) is 51.3 Å². The van der Waals surface area contributed by atoms with Crippen LogP contribution < -0.4 is 10.2 Å². The van der Waals surface area contributed by atoms with Crippen molar-refractivity contribution in [3.05, 3.63) is 29.8 Å². The molecule has 5 nitrogen and oxygen atoms in total. The quantitative estimate of drug-likeness (QED) is 0.234. The van der Waals surface area contributed by atoms with Crippen molar-refractivity contribution >= 4 is 47.4 Å². The van der Waals surface area contributed by atoms with Crippen LogP contribution in [-0.4, -0.2) is 68.8 Å². The molecule has 0 atom stereocenters. The van der Waals surface area contributed by atoms with Gasteiger partial charge in [0.1, 0.15) is 0 Å². The summed E-state index contributed by atoms with van der Waals surface area (Å²) in [7, 11) is 2.08. The molecule has 2 aliphatic rings. The molecule has 1 aliphatic carbocycles. The zero-order valence-corrected chi connectivity index (χ0v) is 20.4. The minimum atomic E-state index is 0. The third-order valence-corrected chi connectivity index (χ3v) is 5.98. The monoisotopic (exact) mass is 518 g/mol. The molecule has 1 aromatic rings. The second-order valence-corrected chi connectivity index (χ2v) is 8.60. The highest BCUT2D eigenvalue weighted by atomic mass is 127. The summed E-state index contributed by atoms with van der Waals surface area (Å²) in [5.74, 6) is 4.23. The van der Waals surface area contributed by atoms with Crippen molar-refractivity contribution in [2.45, 2.75) is 26.3 Å². The van der Waals surface area contributed by atoms with Crippen LogP contribution >= 0.6 is 35.7 Å². The van der Waals surface area contributed by atoms with Crippen LogP contribution in [0.5, 0.6) is 0 Å². The molecule has 0 radical (unpaired) electrons. The van der Waals surface area contributed by atoms with Crippen molar-refractivity contribution in [2.24, 2.45) is 10.9 Å². The van der Waals surface area contributed by atoms with Gasteiger partial charge in [-0.1, -0.05) is 12.1 Å². The average molecular weight is 519 g/mol. The number of anilines is 1. The minimum Gasteiger partial charge on any atom is -0.379 e. The SMILES string of the molecule is CCNC(=NCc1ccc(N2CCSCC2)cc1)N(C)CCOCC1CC1.I. The van der Waals surface area contributed by atoms with Gasteiger partial charge in [0.15, 0.2) is 5.96 Å². The molecule has 1 saturated carbocycles. The molecule has 7 heteroatoms. The van der Waals surface area contributed by atoms with Gasteiger partial charge in [-0.2, -0.15) is 11.8 Å². The first-order valence-corrected chi connectivity index (χ1v) is 11.4. The second kappa shape index (κ2) is 12.8. The van der Waals surface area contributed by atoms with E-state index in [1.165, 1.54) is 35.6 Å². The number of rotatable bonds is 9. The Bertz CT molecular complexity index is 589. The molecule has 1 saturated heterocycles.